The maximum atomic E-state index is 4.11. The average molecular weight is 133 g/mol. The molecule has 52 valence electrons. The van der Waals surface area contributed by atoms with Gasteiger partial charge < -0.3 is 0 Å². The Morgan fingerprint density at radius 1 is 1.30 bits per heavy atom. The summed E-state index contributed by atoms with van der Waals surface area (Å²) in [5.41, 5.74) is 2.26. The van der Waals surface area contributed by atoms with Gasteiger partial charge in [-0.3, -0.25) is 4.99 Å². The average Bonchev–Trinajstić information content (AvgIpc) is 2.04. The lowest BCUT2D eigenvalue weighted by Gasteiger charge is -2.03. The highest BCUT2D eigenvalue weighted by atomic mass is 14.7. The van der Waals surface area contributed by atoms with Crippen LogP contribution < -0.4 is 0 Å². The van der Waals surface area contributed by atoms with Gasteiger partial charge in [0.25, 0.3) is 0 Å². The van der Waals surface area contributed by atoms with Crippen molar-refractivity contribution in [2.75, 3.05) is 7.05 Å². The van der Waals surface area contributed by atoms with Crippen LogP contribution in [-0.4, -0.2) is 12.8 Å². The molecule has 0 radical (unpaired) electrons. The van der Waals surface area contributed by atoms with Crippen LogP contribution in [0.15, 0.2) is 40.9 Å². The Kier molecular flexibility index (Phi) is 2.21. The lowest BCUT2D eigenvalue weighted by Crippen LogP contribution is -1.98. The summed E-state index contributed by atoms with van der Waals surface area (Å²) < 4.78 is 0. The normalized spacial score (nSPS) is 24.6. The second-order valence-electron chi connectivity index (χ2n) is 2.07. The minimum atomic E-state index is 1.06. The molecule has 0 atom stereocenters. The van der Waals surface area contributed by atoms with E-state index in [1.807, 2.05) is 32.2 Å². The molecular formula is C9H11N. The fourth-order valence-electron chi connectivity index (χ4n) is 0.935. The van der Waals surface area contributed by atoms with E-state index in [1.165, 1.54) is 5.57 Å². The molecule has 0 N–H and O–H groups in total. The van der Waals surface area contributed by atoms with Crippen molar-refractivity contribution in [1.29, 1.82) is 0 Å². The number of hydrogen-bond donors (Lipinski definition) is 0. The number of nitrogens with zero attached hydrogens (tertiary/aromatic N) is 1. The standard InChI is InChI=1S/C9H11N/c1-3-8-6-4-5-7-9(8)10-2/h3-7H,1-2H3/b8-3-,10-9-. The van der Waals surface area contributed by atoms with Crippen molar-refractivity contribution in [1.82, 2.24) is 0 Å². The van der Waals surface area contributed by atoms with Crippen LogP contribution in [0.2, 0.25) is 0 Å². The van der Waals surface area contributed by atoms with Crippen LogP contribution in [0.5, 0.6) is 0 Å². The third kappa shape index (κ3) is 1.24. The monoisotopic (exact) mass is 133 g/mol. The SMILES string of the molecule is C/C=C1/C=CC=C/C1=N/C. The molecule has 0 aromatic heterocycles. The second-order valence-corrected chi connectivity index (χ2v) is 2.07. The van der Waals surface area contributed by atoms with Gasteiger partial charge in [0.2, 0.25) is 0 Å². The van der Waals surface area contributed by atoms with Crippen molar-refractivity contribution in [2.45, 2.75) is 6.92 Å². The van der Waals surface area contributed by atoms with E-state index in [2.05, 4.69) is 17.1 Å². The molecule has 1 aliphatic carbocycles. The summed E-state index contributed by atoms with van der Waals surface area (Å²) in [6.45, 7) is 2.02. The molecule has 1 heteroatoms. The molecule has 0 saturated heterocycles. The Labute approximate surface area is 61.5 Å². The van der Waals surface area contributed by atoms with Gasteiger partial charge in [0, 0.05) is 7.05 Å². The van der Waals surface area contributed by atoms with Gasteiger partial charge in [-0.2, -0.15) is 0 Å². The Morgan fingerprint density at radius 2 is 2.00 bits per heavy atom. The fraction of sp³-hybridized carbons (Fsp3) is 0.222. The number of rotatable bonds is 0. The molecule has 0 aromatic rings. The van der Waals surface area contributed by atoms with E-state index in [1.54, 1.807) is 0 Å². The number of hydrogen-bond acceptors (Lipinski definition) is 1. The van der Waals surface area contributed by atoms with Crippen molar-refractivity contribution in [2.24, 2.45) is 4.99 Å². The van der Waals surface area contributed by atoms with Gasteiger partial charge in [-0.05, 0) is 18.6 Å². The summed E-state index contributed by atoms with van der Waals surface area (Å²) in [4.78, 5) is 4.11. The molecule has 0 unspecified atom stereocenters. The maximum absolute atomic E-state index is 4.11. The molecule has 0 aromatic carbocycles. The van der Waals surface area contributed by atoms with Crippen molar-refractivity contribution in [3.8, 4) is 0 Å². The van der Waals surface area contributed by atoms with Crippen LogP contribution >= 0.6 is 0 Å². The van der Waals surface area contributed by atoms with Gasteiger partial charge in [-0.1, -0.05) is 24.3 Å². The Morgan fingerprint density at radius 3 is 2.50 bits per heavy atom. The Bertz CT molecular complexity index is 203. The van der Waals surface area contributed by atoms with Gasteiger partial charge in [-0.25, -0.2) is 0 Å². The molecule has 0 saturated carbocycles. The first kappa shape index (κ1) is 7.00. The summed E-state index contributed by atoms with van der Waals surface area (Å²) >= 11 is 0. The van der Waals surface area contributed by atoms with E-state index in [-0.39, 0.29) is 0 Å². The summed E-state index contributed by atoms with van der Waals surface area (Å²) in [5.74, 6) is 0. The first-order valence-electron chi connectivity index (χ1n) is 3.36. The molecule has 0 heterocycles. The van der Waals surface area contributed by atoms with Crippen LogP contribution in [0.3, 0.4) is 0 Å². The first-order chi connectivity index (χ1) is 4.88. The van der Waals surface area contributed by atoms with Crippen molar-refractivity contribution < 1.29 is 0 Å². The van der Waals surface area contributed by atoms with Gasteiger partial charge >= 0.3 is 0 Å². The van der Waals surface area contributed by atoms with Crippen molar-refractivity contribution in [3.63, 3.8) is 0 Å². The quantitative estimate of drug-likeness (QED) is 0.480. The van der Waals surface area contributed by atoms with Crippen LogP contribution in [0, 0.1) is 0 Å². The molecule has 1 nitrogen and oxygen atoms in total. The van der Waals surface area contributed by atoms with Crippen LogP contribution in [0.1, 0.15) is 6.92 Å². The van der Waals surface area contributed by atoms with E-state index in [0.717, 1.165) is 5.71 Å². The van der Waals surface area contributed by atoms with Crippen LogP contribution in [0.4, 0.5) is 0 Å². The lowest BCUT2D eigenvalue weighted by atomic mass is 10.1. The minimum absolute atomic E-state index is 1.06. The third-order valence-electron chi connectivity index (χ3n) is 1.49. The molecule has 0 bridgehead atoms. The largest absolute Gasteiger partial charge is 0.288 e. The van der Waals surface area contributed by atoms with E-state index in [4.69, 9.17) is 0 Å². The van der Waals surface area contributed by atoms with Gasteiger partial charge in [0.15, 0.2) is 0 Å². The summed E-state index contributed by atoms with van der Waals surface area (Å²) in [5, 5.41) is 0. The highest BCUT2D eigenvalue weighted by Gasteiger charge is 1.98. The number of aliphatic imine (C=N–C) groups is 1. The molecule has 0 amide bonds. The lowest BCUT2D eigenvalue weighted by molar-refractivity contribution is 1.43. The van der Waals surface area contributed by atoms with Crippen molar-refractivity contribution >= 4 is 5.71 Å². The molecule has 1 rings (SSSR count). The first-order valence-corrected chi connectivity index (χ1v) is 3.36. The second kappa shape index (κ2) is 3.16. The molecule has 10 heavy (non-hydrogen) atoms. The van der Waals surface area contributed by atoms with Crippen molar-refractivity contribution in [3.05, 3.63) is 36.0 Å². The zero-order valence-corrected chi connectivity index (χ0v) is 6.33. The third-order valence-corrected chi connectivity index (χ3v) is 1.49. The molecular weight excluding hydrogens is 122 g/mol. The Balaban J connectivity index is 2.96. The van der Waals surface area contributed by atoms with Crippen LogP contribution in [-0.2, 0) is 0 Å². The number of allylic oxidation sites excluding steroid dienone is 6. The molecule has 0 spiro atoms. The fourth-order valence-corrected chi connectivity index (χ4v) is 0.935. The Hall–Kier alpha value is -1.11. The van der Waals surface area contributed by atoms with Gasteiger partial charge in [0.1, 0.15) is 0 Å². The van der Waals surface area contributed by atoms with E-state index < -0.39 is 0 Å². The van der Waals surface area contributed by atoms with E-state index in [9.17, 15) is 0 Å². The van der Waals surface area contributed by atoms with Gasteiger partial charge in [0.05, 0.1) is 5.71 Å². The minimum Gasteiger partial charge on any atom is -0.288 e. The van der Waals surface area contributed by atoms with Crippen LogP contribution in [0.25, 0.3) is 0 Å². The van der Waals surface area contributed by atoms with E-state index in [0.29, 0.717) is 0 Å². The smallest absolute Gasteiger partial charge is 0.0639 e. The molecule has 0 aliphatic heterocycles. The zero-order chi connectivity index (χ0) is 7.40. The van der Waals surface area contributed by atoms with Gasteiger partial charge in [-0.15, -0.1) is 0 Å². The summed E-state index contributed by atoms with van der Waals surface area (Å²) in [6, 6.07) is 0. The zero-order valence-electron chi connectivity index (χ0n) is 6.33. The predicted molar refractivity (Wildman–Crippen MR) is 45.4 cm³/mol. The maximum Gasteiger partial charge on any atom is 0.0639 e. The topological polar surface area (TPSA) is 12.4 Å². The highest BCUT2D eigenvalue weighted by molar-refractivity contribution is 6.11. The highest BCUT2D eigenvalue weighted by Crippen LogP contribution is 2.06. The van der Waals surface area contributed by atoms with E-state index >= 15 is 0 Å². The summed E-state index contributed by atoms with van der Waals surface area (Å²) in [6.07, 6.45) is 10.1. The molecule has 1 aliphatic rings. The predicted octanol–water partition coefficient (Wildman–Crippen LogP) is 2.13. The molecule has 0 fully saturated rings. The summed E-state index contributed by atoms with van der Waals surface area (Å²) in [7, 11) is 1.81.